The second-order valence-electron chi connectivity index (χ2n) is 7.41. The van der Waals surface area contributed by atoms with Gasteiger partial charge in [-0.1, -0.05) is 35.9 Å². The monoisotopic (exact) mass is 424 g/mol. The molecule has 0 radical (unpaired) electrons. The molecule has 154 valence electrons. The molecule has 1 atom stereocenters. The zero-order valence-electron chi connectivity index (χ0n) is 16.4. The summed E-state index contributed by atoms with van der Waals surface area (Å²) in [6.45, 7) is 1.86. The second kappa shape index (κ2) is 9.22. The number of anilines is 1. The van der Waals surface area contributed by atoms with Crippen LogP contribution in [0.3, 0.4) is 0 Å². The molecule has 0 spiro atoms. The molecule has 1 aromatic heterocycles. The number of hydrogen-bond acceptors (Lipinski definition) is 4. The zero-order valence-corrected chi connectivity index (χ0v) is 17.1. The summed E-state index contributed by atoms with van der Waals surface area (Å²) in [4.78, 5) is 23.6. The van der Waals surface area contributed by atoms with Crippen LogP contribution in [-0.4, -0.2) is 29.0 Å². The van der Waals surface area contributed by atoms with Crippen LogP contribution >= 0.6 is 11.6 Å². The van der Waals surface area contributed by atoms with Gasteiger partial charge in [-0.15, -0.1) is 0 Å². The summed E-state index contributed by atoms with van der Waals surface area (Å²) in [5.74, 6) is 0.217. The molecule has 0 bridgehead atoms. The molecule has 2 aromatic carbocycles. The van der Waals surface area contributed by atoms with E-state index >= 15 is 0 Å². The minimum absolute atomic E-state index is 0.0334. The van der Waals surface area contributed by atoms with Gasteiger partial charge in [-0.3, -0.25) is 4.79 Å². The quantitative estimate of drug-likeness (QED) is 0.656. The van der Waals surface area contributed by atoms with Crippen molar-refractivity contribution in [3.8, 4) is 11.1 Å². The van der Waals surface area contributed by atoms with Gasteiger partial charge in [0, 0.05) is 42.6 Å². The van der Waals surface area contributed by atoms with Crippen LogP contribution in [-0.2, 0) is 11.3 Å². The number of amides is 1. The first-order valence-corrected chi connectivity index (χ1v) is 10.3. The lowest BCUT2D eigenvalue weighted by Crippen LogP contribution is -2.43. The lowest BCUT2D eigenvalue weighted by molar-refractivity contribution is -0.125. The molecule has 0 unspecified atom stereocenters. The summed E-state index contributed by atoms with van der Waals surface area (Å²) < 4.78 is 13.4. The van der Waals surface area contributed by atoms with E-state index in [1.807, 2.05) is 35.2 Å². The fraction of sp³-hybridized carbons (Fsp3) is 0.261. The highest BCUT2D eigenvalue weighted by molar-refractivity contribution is 6.30. The molecule has 1 N–H and O–H groups in total. The summed E-state index contributed by atoms with van der Waals surface area (Å²) in [6, 6.07) is 13.8. The van der Waals surface area contributed by atoms with Gasteiger partial charge in [-0.05, 0) is 48.2 Å². The van der Waals surface area contributed by atoms with Crippen molar-refractivity contribution in [2.75, 3.05) is 18.0 Å². The molecule has 2 heterocycles. The van der Waals surface area contributed by atoms with E-state index in [9.17, 15) is 9.18 Å². The first-order valence-electron chi connectivity index (χ1n) is 9.93. The molecule has 1 aliphatic rings. The third kappa shape index (κ3) is 4.94. The third-order valence-electron chi connectivity index (χ3n) is 5.25. The molecule has 1 aliphatic heterocycles. The van der Waals surface area contributed by atoms with E-state index in [2.05, 4.69) is 15.3 Å². The normalized spacial score (nSPS) is 16.3. The fourth-order valence-corrected chi connectivity index (χ4v) is 3.74. The number of carbonyl (C=O) groups excluding carboxylic acids is 1. The van der Waals surface area contributed by atoms with Crippen molar-refractivity contribution in [3.05, 3.63) is 77.3 Å². The van der Waals surface area contributed by atoms with E-state index in [4.69, 9.17) is 11.6 Å². The Kier molecular flexibility index (Phi) is 6.23. The maximum Gasteiger partial charge on any atom is 0.225 e. The van der Waals surface area contributed by atoms with Gasteiger partial charge in [0.2, 0.25) is 11.9 Å². The van der Waals surface area contributed by atoms with Crippen molar-refractivity contribution in [2.45, 2.75) is 19.4 Å². The van der Waals surface area contributed by atoms with Crippen molar-refractivity contribution < 1.29 is 9.18 Å². The zero-order chi connectivity index (χ0) is 20.9. The van der Waals surface area contributed by atoms with E-state index in [0.717, 1.165) is 36.1 Å². The molecule has 0 aliphatic carbocycles. The Labute approximate surface area is 179 Å². The SMILES string of the molecule is O=C(NCc1ccc(Cl)cc1)[C@H]1CCCN(c2ncc(-c3cccc(F)c3)cn2)C1. The molecule has 1 fully saturated rings. The number of piperidine rings is 1. The summed E-state index contributed by atoms with van der Waals surface area (Å²) >= 11 is 5.90. The number of hydrogen-bond donors (Lipinski definition) is 1. The average Bonchev–Trinajstić information content (AvgIpc) is 2.79. The summed E-state index contributed by atoms with van der Waals surface area (Å²) in [7, 11) is 0. The molecule has 1 saturated heterocycles. The number of benzene rings is 2. The van der Waals surface area contributed by atoms with E-state index in [1.54, 1.807) is 18.5 Å². The molecule has 7 heteroatoms. The highest BCUT2D eigenvalue weighted by atomic mass is 35.5. The second-order valence-corrected chi connectivity index (χ2v) is 7.85. The van der Waals surface area contributed by atoms with Crippen LogP contribution in [0.1, 0.15) is 18.4 Å². The molecule has 30 heavy (non-hydrogen) atoms. The molecular weight excluding hydrogens is 403 g/mol. The van der Waals surface area contributed by atoms with Crippen molar-refractivity contribution in [1.29, 1.82) is 0 Å². The van der Waals surface area contributed by atoms with Gasteiger partial charge in [0.05, 0.1) is 5.92 Å². The molecule has 0 saturated carbocycles. The van der Waals surface area contributed by atoms with Gasteiger partial charge >= 0.3 is 0 Å². The predicted molar refractivity (Wildman–Crippen MR) is 116 cm³/mol. The molecular formula is C23H22ClFN4O. The number of nitrogens with one attached hydrogen (secondary N) is 1. The van der Waals surface area contributed by atoms with E-state index in [0.29, 0.717) is 24.1 Å². The number of carbonyl (C=O) groups is 1. The van der Waals surface area contributed by atoms with Crippen LogP contribution in [0.4, 0.5) is 10.3 Å². The van der Waals surface area contributed by atoms with Crippen molar-refractivity contribution in [2.24, 2.45) is 5.92 Å². The number of aromatic nitrogens is 2. The molecule has 1 amide bonds. The molecule has 4 rings (SSSR count). The average molecular weight is 425 g/mol. The van der Waals surface area contributed by atoms with Gasteiger partial charge in [0.1, 0.15) is 5.82 Å². The lowest BCUT2D eigenvalue weighted by Gasteiger charge is -2.32. The number of nitrogens with zero attached hydrogens (tertiary/aromatic N) is 3. The Morgan fingerprint density at radius 3 is 2.63 bits per heavy atom. The fourth-order valence-electron chi connectivity index (χ4n) is 3.61. The van der Waals surface area contributed by atoms with Crippen LogP contribution in [0.15, 0.2) is 60.9 Å². The van der Waals surface area contributed by atoms with Gasteiger partial charge in [0.15, 0.2) is 0 Å². The molecule has 5 nitrogen and oxygen atoms in total. The minimum atomic E-state index is -0.292. The predicted octanol–water partition coefficient (Wildman–Crippen LogP) is 4.47. The van der Waals surface area contributed by atoms with E-state index in [-0.39, 0.29) is 17.6 Å². The van der Waals surface area contributed by atoms with Crippen molar-refractivity contribution in [3.63, 3.8) is 0 Å². The summed E-state index contributed by atoms with van der Waals surface area (Å²) in [6.07, 6.45) is 5.13. The summed E-state index contributed by atoms with van der Waals surface area (Å²) in [5.41, 5.74) is 2.50. The van der Waals surface area contributed by atoms with Crippen LogP contribution in [0.5, 0.6) is 0 Å². The van der Waals surface area contributed by atoms with E-state index < -0.39 is 0 Å². The van der Waals surface area contributed by atoms with Crippen molar-refractivity contribution >= 4 is 23.5 Å². The molecule has 3 aromatic rings. The van der Waals surface area contributed by atoms with Gasteiger partial charge in [0.25, 0.3) is 0 Å². The van der Waals surface area contributed by atoms with Crippen molar-refractivity contribution in [1.82, 2.24) is 15.3 Å². The Balaban J connectivity index is 1.37. The standard InChI is InChI=1S/C23H22ClFN4O/c24-20-8-6-16(7-9-20)12-26-22(30)18-4-2-10-29(15-18)23-27-13-19(14-28-23)17-3-1-5-21(25)11-17/h1,3,5-9,11,13-14,18H,2,4,10,12,15H2,(H,26,30)/t18-/m0/s1. The van der Waals surface area contributed by atoms with Crippen LogP contribution in [0.2, 0.25) is 5.02 Å². The topological polar surface area (TPSA) is 58.1 Å². The number of halogens is 2. The third-order valence-corrected chi connectivity index (χ3v) is 5.50. The van der Waals surface area contributed by atoms with Gasteiger partial charge < -0.3 is 10.2 Å². The lowest BCUT2D eigenvalue weighted by atomic mass is 9.97. The Bertz CT molecular complexity index is 1010. The maximum atomic E-state index is 13.4. The highest BCUT2D eigenvalue weighted by Crippen LogP contribution is 2.23. The van der Waals surface area contributed by atoms with Crippen LogP contribution in [0.25, 0.3) is 11.1 Å². The smallest absolute Gasteiger partial charge is 0.225 e. The largest absolute Gasteiger partial charge is 0.352 e. The Hall–Kier alpha value is -2.99. The van der Waals surface area contributed by atoms with Crippen LogP contribution < -0.4 is 10.2 Å². The highest BCUT2D eigenvalue weighted by Gasteiger charge is 2.27. The van der Waals surface area contributed by atoms with Gasteiger partial charge in [-0.25, -0.2) is 14.4 Å². The van der Waals surface area contributed by atoms with Gasteiger partial charge in [-0.2, -0.15) is 0 Å². The first kappa shape index (κ1) is 20.3. The Morgan fingerprint density at radius 2 is 1.90 bits per heavy atom. The summed E-state index contributed by atoms with van der Waals surface area (Å²) in [5, 5.41) is 3.69. The number of rotatable bonds is 5. The first-order chi connectivity index (χ1) is 14.6. The minimum Gasteiger partial charge on any atom is -0.352 e. The van der Waals surface area contributed by atoms with Crippen LogP contribution in [0, 0.1) is 11.7 Å². The van der Waals surface area contributed by atoms with E-state index in [1.165, 1.54) is 12.1 Å². The maximum absolute atomic E-state index is 13.4. The Morgan fingerprint density at radius 1 is 1.13 bits per heavy atom.